The zero-order valence-corrected chi connectivity index (χ0v) is 15.7. The van der Waals surface area contributed by atoms with Crippen LogP contribution >= 0.6 is 0 Å². The Morgan fingerprint density at radius 2 is 1.60 bits per heavy atom. The number of amides is 2. The maximum absolute atomic E-state index is 12.3. The second-order valence-corrected chi connectivity index (χ2v) is 7.25. The minimum absolute atomic E-state index is 0.0448. The first-order chi connectivity index (χ1) is 11.8. The van der Waals surface area contributed by atoms with Crippen molar-refractivity contribution in [3.05, 3.63) is 29.8 Å². The van der Waals surface area contributed by atoms with Gasteiger partial charge in [0.25, 0.3) is 0 Å². The Morgan fingerprint density at radius 1 is 1.04 bits per heavy atom. The molecule has 0 saturated carbocycles. The molecule has 1 heterocycles. The van der Waals surface area contributed by atoms with E-state index in [2.05, 4.69) is 38.2 Å². The van der Waals surface area contributed by atoms with E-state index >= 15 is 0 Å². The molecule has 1 saturated heterocycles. The molecule has 1 aromatic rings. The molecule has 0 bridgehead atoms. The van der Waals surface area contributed by atoms with Gasteiger partial charge in [-0.1, -0.05) is 32.9 Å². The standard InChI is InChI=1S/C19H29N3O3/c1-5-25-18(24)22-12-10-21(11-13-22)17(23)14-20-16-8-6-15(7-9-16)19(2,3)4/h6-9,20H,5,10-14H2,1-4H3. The molecule has 1 aliphatic rings. The van der Waals surface area contributed by atoms with Crippen LogP contribution in [0.3, 0.4) is 0 Å². The Kier molecular flexibility index (Phi) is 6.28. The molecular formula is C19H29N3O3. The van der Waals surface area contributed by atoms with E-state index in [1.54, 1.807) is 16.7 Å². The molecule has 1 aromatic carbocycles. The second-order valence-electron chi connectivity index (χ2n) is 7.25. The summed E-state index contributed by atoms with van der Waals surface area (Å²) in [6, 6.07) is 8.19. The molecule has 2 amide bonds. The van der Waals surface area contributed by atoms with Gasteiger partial charge in [0.1, 0.15) is 0 Å². The smallest absolute Gasteiger partial charge is 0.409 e. The number of piperazine rings is 1. The van der Waals surface area contributed by atoms with Gasteiger partial charge in [0, 0.05) is 31.9 Å². The number of ether oxygens (including phenoxy) is 1. The van der Waals surface area contributed by atoms with Gasteiger partial charge in [0.15, 0.2) is 0 Å². The number of benzene rings is 1. The molecule has 25 heavy (non-hydrogen) atoms. The van der Waals surface area contributed by atoms with Crippen LogP contribution in [0.25, 0.3) is 0 Å². The highest BCUT2D eigenvalue weighted by Crippen LogP contribution is 2.23. The number of hydrogen-bond donors (Lipinski definition) is 1. The monoisotopic (exact) mass is 347 g/mol. The molecule has 0 aliphatic carbocycles. The number of nitrogens with one attached hydrogen (secondary N) is 1. The lowest BCUT2D eigenvalue weighted by atomic mass is 9.87. The van der Waals surface area contributed by atoms with Crippen molar-refractivity contribution in [1.29, 1.82) is 0 Å². The van der Waals surface area contributed by atoms with Crippen molar-refractivity contribution in [2.75, 3.05) is 44.6 Å². The fraction of sp³-hybridized carbons (Fsp3) is 0.579. The Morgan fingerprint density at radius 3 is 2.12 bits per heavy atom. The number of rotatable bonds is 4. The van der Waals surface area contributed by atoms with Crippen LogP contribution in [0.5, 0.6) is 0 Å². The van der Waals surface area contributed by atoms with Crippen molar-refractivity contribution in [2.45, 2.75) is 33.1 Å². The van der Waals surface area contributed by atoms with Gasteiger partial charge in [-0.3, -0.25) is 4.79 Å². The minimum atomic E-state index is -0.299. The first-order valence-electron chi connectivity index (χ1n) is 8.85. The van der Waals surface area contributed by atoms with Gasteiger partial charge < -0.3 is 19.9 Å². The first kappa shape index (κ1) is 19.1. The van der Waals surface area contributed by atoms with E-state index in [1.807, 2.05) is 12.1 Å². The van der Waals surface area contributed by atoms with Crippen LogP contribution in [0.1, 0.15) is 33.3 Å². The van der Waals surface area contributed by atoms with Gasteiger partial charge in [-0.05, 0) is 30.0 Å². The van der Waals surface area contributed by atoms with Gasteiger partial charge in [-0.2, -0.15) is 0 Å². The molecular weight excluding hydrogens is 318 g/mol. The lowest BCUT2D eigenvalue weighted by Crippen LogP contribution is -2.51. The molecule has 1 fully saturated rings. The predicted molar refractivity (Wildman–Crippen MR) is 98.8 cm³/mol. The van der Waals surface area contributed by atoms with Crippen LogP contribution in [0.4, 0.5) is 10.5 Å². The predicted octanol–water partition coefficient (Wildman–Crippen LogP) is 2.70. The van der Waals surface area contributed by atoms with Crippen molar-refractivity contribution >= 4 is 17.7 Å². The van der Waals surface area contributed by atoms with E-state index < -0.39 is 0 Å². The summed E-state index contributed by atoms with van der Waals surface area (Å²) in [5.74, 6) is 0.0448. The molecule has 138 valence electrons. The SMILES string of the molecule is CCOC(=O)N1CCN(C(=O)CNc2ccc(C(C)(C)C)cc2)CC1. The normalized spacial score (nSPS) is 15.0. The molecule has 6 heteroatoms. The van der Waals surface area contributed by atoms with Crippen LogP contribution in [-0.4, -0.2) is 61.1 Å². The van der Waals surface area contributed by atoms with Crippen molar-refractivity contribution < 1.29 is 14.3 Å². The highest BCUT2D eigenvalue weighted by molar-refractivity contribution is 5.81. The van der Waals surface area contributed by atoms with Crippen LogP contribution in [0.15, 0.2) is 24.3 Å². The third-order valence-corrected chi connectivity index (χ3v) is 4.35. The summed E-state index contributed by atoms with van der Waals surface area (Å²) in [5.41, 5.74) is 2.32. The highest BCUT2D eigenvalue weighted by atomic mass is 16.6. The van der Waals surface area contributed by atoms with Crippen LogP contribution in [0.2, 0.25) is 0 Å². The zero-order chi connectivity index (χ0) is 18.4. The average Bonchev–Trinajstić information content (AvgIpc) is 2.59. The van der Waals surface area contributed by atoms with Crippen molar-refractivity contribution in [1.82, 2.24) is 9.80 Å². The molecule has 1 aliphatic heterocycles. The van der Waals surface area contributed by atoms with Crippen LogP contribution in [-0.2, 0) is 14.9 Å². The minimum Gasteiger partial charge on any atom is -0.450 e. The van der Waals surface area contributed by atoms with Crippen molar-refractivity contribution in [3.8, 4) is 0 Å². The third-order valence-electron chi connectivity index (χ3n) is 4.35. The van der Waals surface area contributed by atoms with E-state index in [0.29, 0.717) is 32.8 Å². The van der Waals surface area contributed by atoms with Crippen molar-refractivity contribution in [3.63, 3.8) is 0 Å². The Bertz CT molecular complexity index is 585. The Labute approximate surface area is 150 Å². The third kappa shape index (κ3) is 5.37. The van der Waals surface area contributed by atoms with E-state index in [-0.39, 0.29) is 24.0 Å². The second kappa shape index (κ2) is 8.23. The van der Waals surface area contributed by atoms with E-state index in [0.717, 1.165) is 5.69 Å². The quantitative estimate of drug-likeness (QED) is 0.910. The molecule has 0 radical (unpaired) electrons. The molecule has 0 aromatic heterocycles. The van der Waals surface area contributed by atoms with Gasteiger partial charge in [0.2, 0.25) is 5.91 Å². The Hall–Kier alpha value is -2.24. The molecule has 1 N–H and O–H groups in total. The van der Waals surface area contributed by atoms with Crippen LogP contribution < -0.4 is 5.32 Å². The fourth-order valence-corrected chi connectivity index (χ4v) is 2.73. The van der Waals surface area contributed by atoms with E-state index in [4.69, 9.17) is 4.74 Å². The summed E-state index contributed by atoms with van der Waals surface area (Å²) < 4.78 is 4.99. The topological polar surface area (TPSA) is 61.9 Å². The summed E-state index contributed by atoms with van der Waals surface area (Å²) in [4.78, 5) is 27.4. The van der Waals surface area contributed by atoms with Crippen molar-refractivity contribution in [2.24, 2.45) is 0 Å². The lowest BCUT2D eigenvalue weighted by molar-refractivity contribution is -0.130. The molecule has 0 unspecified atom stereocenters. The number of hydrogen-bond acceptors (Lipinski definition) is 4. The average molecular weight is 347 g/mol. The number of carbonyl (C=O) groups is 2. The first-order valence-corrected chi connectivity index (χ1v) is 8.85. The van der Waals surface area contributed by atoms with Crippen LogP contribution in [0, 0.1) is 0 Å². The fourth-order valence-electron chi connectivity index (χ4n) is 2.73. The Balaban J connectivity index is 1.78. The van der Waals surface area contributed by atoms with Gasteiger partial charge in [0.05, 0.1) is 13.2 Å². The van der Waals surface area contributed by atoms with Gasteiger partial charge >= 0.3 is 6.09 Å². The maximum atomic E-state index is 12.3. The number of nitrogens with zero attached hydrogens (tertiary/aromatic N) is 2. The molecule has 0 spiro atoms. The summed E-state index contributed by atoms with van der Waals surface area (Å²) in [6.07, 6.45) is -0.299. The number of anilines is 1. The summed E-state index contributed by atoms with van der Waals surface area (Å²) in [6.45, 7) is 11.1. The van der Waals surface area contributed by atoms with E-state index in [1.165, 1.54) is 5.56 Å². The van der Waals surface area contributed by atoms with E-state index in [9.17, 15) is 9.59 Å². The molecule has 0 atom stereocenters. The highest BCUT2D eigenvalue weighted by Gasteiger charge is 2.24. The molecule has 6 nitrogen and oxygen atoms in total. The number of carbonyl (C=O) groups excluding carboxylic acids is 2. The summed E-state index contributed by atoms with van der Waals surface area (Å²) >= 11 is 0. The van der Waals surface area contributed by atoms with Gasteiger partial charge in [-0.15, -0.1) is 0 Å². The maximum Gasteiger partial charge on any atom is 0.409 e. The lowest BCUT2D eigenvalue weighted by Gasteiger charge is -2.34. The summed E-state index contributed by atoms with van der Waals surface area (Å²) in [5, 5.41) is 3.18. The molecule has 2 rings (SSSR count). The zero-order valence-electron chi connectivity index (χ0n) is 15.7. The van der Waals surface area contributed by atoms with Gasteiger partial charge in [-0.25, -0.2) is 4.79 Å². The summed E-state index contributed by atoms with van der Waals surface area (Å²) in [7, 11) is 0. The largest absolute Gasteiger partial charge is 0.450 e.